The van der Waals surface area contributed by atoms with Gasteiger partial charge in [0.2, 0.25) is 15.9 Å². The van der Waals surface area contributed by atoms with Crippen LogP contribution in [0, 0.1) is 0 Å². The summed E-state index contributed by atoms with van der Waals surface area (Å²) in [5.41, 5.74) is 0.914. The molecule has 0 aromatic heterocycles. The molecular formula is C21H25ClN2O4S. The van der Waals surface area contributed by atoms with Gasteiger partial charge in [0.1, 0.15) is 0 Å². The maximum absolute atomic E-state index is 12.3. The van der Waals surface area contributed by atoms with Gasteiger partial charge in [-0.3, -0.25) is 4.79 Å². The van der Waals surface area contributed by atoms with E-state index in [2.05, 4.69) is 10.0 Å². The maximum Gasteiger partial charge on any atom is 0.240 e. The first-order valence-corrected chi connectivity index (χ1v) is 11.4. The number of nitrogens with one attached hydrogen (secondary N) is 2. The van der Waals surface area contributed by atoms with Crippen LogP contribution in [-0.2, 0) is 25.0 Å². The van der Waals surface area contributed by atoms with Crippen LogP contribution in [0.4, 0.5) is 0 Å². The lowest BCUT2D eigenvalue weighted by Crippen LogP contribution is -2.45. The van der Waals surface area contributed by atoms with E-state index < -0.39 is 10.0 Å². The summed E-state index contributed by atoms with van der Waals surface area (Å²) in [6.07, 6.45) is 1.67. The van der Waals surface area contributed by atoms with Crippen LogP contribution in [0.3, 0.4) is 0 Å². The molecule has 0 radical (unpaired) electrons. The van der Waals surface area contributed by atoms with Crippen molar-refractivity contribution in [1.29, 1.82) is 0 Å². The smallest absolute Gasteiger partial charge is 0.240 e. The number of carbonyl (C=O) groups is 1. The van der Waals surface area contributed by atoms with Gasteiger partial charge in [-0.05, 0) is 42.7 Å². The molecule has 0 saturated carbocycles. The molecule has 1 amide bonds. The third-order valence-electron chi connectivity index (χ3n) is 5.23. The first-order valence-electron chi connectivity index (χ1n) is 9.57. The first-order chi connectivity index (χ1) is 13.9. The van der Waals surface area contributed by atoms with Gasteiger partial charge in [0.05, 0.1) is 4.90 Å². The summed E-state index contributed by atoms with van der Waals surface area (Å²) in [7, 11) is -3.61. The Hall–Kier alpha value is -1.93. The Morgan fingerprint density at radius 1 is 1.03 bits per heavy atom. The van der Waals surface area contributed by atoms with E-state index in [4.69, 9.17) is 16.3 Å². The van der Waals surface area contributed by atoms with E-state index in [1.807, 2.05) is 24.3 Å². The largest absolute Gasteiger partial charge is 0.381 e. The fraction of sp³-hybridized carbons (Fsp3) is 0.381. The molecular weight excluding hydrogens is 412 g/mol. The third kappa shape index (κ3) is 5.79. The van der Waals surface area contributed by atoms with Gasteiger partial charge in [-0.15, -0.1) is 0 Å². The molecule has 8 heteroatoms. The highest BCUT2D eigenvalue weighted by Crippen LogP contribution is 2.34. The standard InChI is InChI=1S/C21H25ClN2O4S/c22-18-8-6-17(7-9-18)21(11-14-28-15-12-21)16-23-20(25)10-13-24-29(26,27)19-4-2-1-3-5-19/h1-9,24H,10-16H2,(H,23,25). The maximum atomic E-state index is 12.3. The monoisotopic (exact) mass is 436 g/mol. The minimum Gasteiger partial charge on any atom is -0.381 e. The lowest BCUT2D eigenvalue weighted by Gasteiger charge is -2.38. The van der Waals surface area contributed by atoms with Gasteiger partial charge in [0.25, 0.3) is 0 Å². The van der Waals surface area contributed by atoms with E-state index >= 15 is 0 Å². The van der Waals surface area contributed by atoms with Crippen molar-refractivity contribution < 1.29 is 17.9 Å². The van der Waals surface area contributed by atoms with Crippen molar-refractivity contribution in [2.24, 2.45) is 0 Å². The summed E-state index contributed by atoms with van der Waals surface area (Å²) < 4.78 is 32.4. The highest BCUT2D eigenvalue weighted by atomic mass is 35.5. The summed E-state index contributed by atoms with van der Waals surface area (Å²) in [5, 5.41) is 3.64. The van der Waals surface area contributed by atoms with Gasteiger partial charge < -0.3 is 10.1 Å². The van der Waals surface area contributed by atoms with Crippen molar-refractivity contribution in [3.05, 3.63) is 65.2 Å². The van der Waals surface area contributed by atoms with Crippen molar-refractivity contribution in [3.8, 4) is 0 Å². The molecule has 156 valence electrons. The summed E-state index contributed by atoms with van der Waals surface area (Å²) in [6, 6.07) is 15.8. The third-order valence-corrected chi connectivity index (χ3v) is 6.96. The Labute approximate surface area is 176 Å². The molecule has 1 fully saturated rings. The molecule has 1 aliphatic heterocycles. The van der Waals surface area contributed by atoms with Gasteiger partial charge in [0, 0.05) is 43.2 Å². The van der Waals surface area contributed by atoms with Crippen LogP contribution in [0.15, 0.2) is 59.5 Å². The number of amides is 1. The van der Waals surface area contributed by atoms with Crippen LogP contribution >= 0.6 is 11.6 Å². The van der Waals surface area contributed by atoms with Gasteiger partial charge in [-0.25, -0.2) is 13.1 Å². The average Bonchev–Trinajstić information content (AvgIpc) is 2.74. The number of hydrogen-bond acceptors (Lipinski definition) is 4. The van der Waals surface area contributed by atoms with Crippen molar-refractivity contribution in [2.45, 2.75) is 29.6 Å². The van der Waals surface area contributed by atoms with Crippen LogP contribution in [0.1, 0.15) is 24.8 Å². The molecule has 0 unspecified atom stereocenters. The summed E-state index contributed by atoms with van der Waals surface area (Å²) in [6.45, 7) is 1.78. The molecule has 6 nitrogen and oxygen atoms in total. The minimum absolute atomic E-state index is 0.0418. The lowest BCUT2D eigenvalue weighted by molar-refractivity contribution is -0.121. The zero-order chi connectivity index (χ0) is 20.7. The van der Waals surface area contributed by atoms with E-state index in [0.717, 1.165) is 18.4 Å². The summed E-state index contributed by atoms with van der Waals surface area (Å²) in [5.74, 6) is -0.194. The van der Waals surface area contributed by atoms with E-state index in [9.17, 15) is 13.2 Å². The second-order valence-corrected chi connectivity index (χ2v) is 9.34. The molecule has 0 aliphatic carbocycles. The number of sulfonamides is 1. The first kappa shape index (κ1) is 21.8. The molecule has 3 rings (SSSR count). The predicted octanol–water partition coefficient (Wildman–Crippen LogP) is 2.87. The number of hydrogen-bond donors (Lipinski definition) is 2. The Kier molecular flexibility index (Phi) is 7.29. The zero-order valence-electron chi connectivity index (χ0n) is 16.1. The number of rotatable bonds is 8. The molecule has 0 atom stereocenters. The van der Waals surface area contributed by atoms with Gasteiger partial charge in [-0.2, -0.15) is 0 Å². The number of ether oxygens (including phenoxy) is 1. The van der Waals surface area contributed by atoms with Gasteiger partial charge >= 0.3 is 0 Å². The topological polar surface area (TPSA) is 84.5 Å². The highest BCUT2D eigenvalue weighted by molar-refractivity contribution is 7.89. The van der Waals surface area contributed by atoms with Crippen molar-refractivity contribution >= 4 is 27.5 Å². The fourth-order valence-corrected chi connectivity index (χ4v) is 4.65. The van der Waals surface area contributed by atoms with E-state index in [1.165, 1.54) is 12.1 Å². The molecule has 2 aromatic carbocycles. The van der Waals surface area contributed by atoms with Gasteiger partial charge in [0.15, 0.2) is 0 Å². The van der Waals surface area contributed by atoms with E-state index in [0.29, 0.717) is 24.8 Å². The number of halogens is 1. The second kappa shape index (κ2) is 9.71. The quantitative estimate of drug-likeness (QED) is 0.666. The molecule has 2 N–H and O–H groups in total. The SMILES string of the molecule is O=C(CCNS(=O)(=O)c1ccccc1)NCC1(c2ccc(Cl)cc2)CCOCC1. The van der Waals surface area contributed by atoms with Crippen molar-refractivity contribution in [3.63, 3.8) is 0 Å². The van der Waals surface area contributed by atoms with Crippen LogP contribution < -0.4 is 10.0 Å². The lowest BCUT2D eigenvalue weighted by atomic mass is 9.74. The molecule has 1 aliphatic rings. The minimum atomic E-state index is -3.61. The molecule has 0 spiro atoms. The highest BCUT2D eigenvalue weighted by Gasteiger charge is 2.34. The summed E-state index contributed by atoms with van der Waals surface area (Å²) >= 11 is 6.01. The Bertz CT molecular complexity index is 911. The number of carbonyl (C=O) groups excluding carboxylic acids is 1. The van der Waals surface area contributed by atoms with Crippen LogP contribution in [0.25, 0.3) is 0 Å². The molecule has 0 bridgehead atoms. The van der Waals surface area contributed by atoms with Crippen molar-refractivity contribution in [2.75, 3.05) is 26.3 Å². The van der Waals surface area contributed by atoms with Gasteiger partial charge in [-0.1, -0.05) is 41.9 Å². The Morgan fingerprint density at radius 2 is 1.69 bits per heavy atom. The van der Waals surface area contributed by atoms with E-state index in [-0.39, 0.29) is 29.2 Å². The van der Waals surface area contributed by atoms with Crippen LogP contribution in [0.2, 0.25) is 5.02 Å². The molecule has 1 saturated heterocycles. The second-order valence-electron chi connectivity index (χ2n) is 7.14. The molecule has 2 aromatic rings. The van der Waals surface area contributed by atoms with Crippen molar-refractivity contribution in [1.82, 2.24) is 10.0 Å². The fourth-order valence-electron chi connectivity index (χ4n) is 3.47. The zero-order valence-corrected chi connectivity index (χ0v) is 17.6. The molecule has 29 heavy (non-hydrogen) atoms. The van der Waals surface area contributed by atoms with E-state index in [1.54, 1.807) is 18.2 Å². The Morgan fingerprint density at radius 3 is 2.34 bits per heavy atom. The molecule has 1 heterocycles. The summed E-state index contributed by atoms with van der Waals surface area (Å²) in [4.78, 5) is 12.5. The number of benzene rings is 2. The van der Waals surface area contributed by atoms with Crippen LogP contribution in [-0.4, -0.2) is 40.6 Å². The predicted molar refractivity (Wildman–Crippen MR) is 112 cm³/mol. The van der Waals surface area contributed by atoms with Crippen LogP contribution in [0.5, 0.6) is 0 Å². The normalized spacial score (nSPS) is 16.3. The average molecular weight is 437 g/mol. The Balaban J connectivity index is 1.55.